The summed E-state index contributed by atoms with van der Waals surface area (Å²) in [6, 6.07) is 5.58. The summed E-state index contributed by atoms with van der Waals surface area (Å²) in [6.07, 6.45) is -0.618. The van der Waals surface area contributed by atoms with Crippen LogP contribution in [0.4, 0.5) is 0 Å². The zero-order chi connectivity index (χ0) is 23.1. The summed E-state index contributed by atoms with van der Waals surface area (Å²) < 4.78 is 10.4. The highest BCUT2D eigenvalue weighted by atomic mass is 16.6. The van der Waals surface area contributed by atoms with Crippen LogP contribution in [0.15, 0.2) is 30.3 Å². The van der Waals surface area contributed by atoms with Crippen molar-refractivity contribution in [3.05, 3.63) is 46.0 Å². The second-order valence-corrected chi connectivity index (χ2v) is 8.89. The number of carbonyl (C=O) groups is 3. The van der Waals surface area contributed by atoms with Gasteiger partial charge in [-0.25, -0.2) is 9.59 Å². The average molecular weight is 422 g/mol. The Morgan fingerprint density at radius 2 is 1.47 bits per heavy atom. The van der Waals surface area contributed by atoms with Gasteiger partial charge in [-0.15, -0.1) is 0 Å². The number of rotatable bonds is 8. The first-order chi connectivity index (χ1) is 13.7. The van der Waals surface area contributed by atoms with Gasteiger partial charge in [-0.2, -0.15) is 0 Å². The Bertz CT molecular complexity index is 764. The molecule has 1 aromatic rings. The topological polar surface area (TPSA) is 125 Å². The minimum absolute atomic E-state index is 0.0320. The molecule has 0 saturated carbocycles. The number of esters is 2. The summed E-state index contributed by atoms with van der Waals surface area (Å²) in [5.74, 6) is -2.47. The Kier molecular flexibility index (Phi) is 8.50. The molecular weight excluding hydrogens is 392 g/mol. The van der Waals surface area contributed by atoms with E-state index in [0.717, 1.165) is 0 Å². The minimum atomic E-state index is -1.83. The molecule has 2 atom stereocenters. The van der Waals surface area contributed by atoms with Gasteiger partial charge in [0.25, 0.3) is 0 Å². The summed E-state index contributed by atoms with van der Waals surface area (Å²) in [5, 5.41) is 14.0. The first-order valence-electron chi connectivity index (χ1n) is 9.60. The van der Waals surface area contributed by atoms with E-state index in [4.69, 9.17) is 9.47 Å². The van der Waals surface area contributed by atoms with Gasteiger partial charge < -0.3 is 14.8 Å². The molecule has 30 heavy (non-hydrogen) atoms. The lowest BCUT2D eigenvalue weighted by Gasteiger charge is -2.26. The van der Waals surface area contributed by atoms with Crippen LogP contribution in [0.3, 0.4) is 0 Å². The van der Waals surface area contributed by atoms with Gasteiger partial charge in [0.05, 0.1) is 12.8 Å². The first kappa shape index (κ1) is 25.1. The maximum absolute atomic E-state index is 12.6. The van der Waals surface area contributed by atoms with Crippen LogP contribution in [0.1, 0.15) is 53.5 Å². The smallest absolute Gasteiger partial charge is 0.382 e. The van der Waals surface area contributed by atoms with Crippen LogP contribution >= 0.6 is 0 Å². The minimum Gasteiger partial charge on any atom is -0.458 e. The molecule has 0 heterocycles. The SMILES string of the molecule is CC(C)(C)OC(=O)C(C[C@H](NC(=O)Cc1ccccc1)C(=O)OC(C)(C)C)[N+](=O)[O-]. The third-order valence-electron chi connectivity index (χ3n) is 3.63. The Morgan fingerprint density at radius 3 is 1.93 bits per heavy atom. The lowest BCUT2D eigenvalue weighted by Crippen LogP contribution is -2.49. The van der Waals surface area contributed by atoms with Gasteiger partial charge in [0.1, 0.15) is 17.2 Å². The number of ether oxygens (including phenoxy) is 2. The zero-order valence-corrected chi connectivity index (χ0v) is 18.3. The molecule has 0 fully saturated rings. The van der Waals surface area contributed by atoms with Crippen molar-refractivity contribution in [1.82, 2.24) is 5.32 Å². The fourth-order valence-corrected chi connectivity index (χ4v) is 2.48. The number of carbonyl (C=O) groups excluding carboxylic acids is 3. The van der Waals surface area contributed by atoms with Crippen molar-refractivity contribution >= 4 is 17.8 Å². The van der Waals surface area contributed by atoms with Gasteiger partial charge in [0, 0.05) is 4.92 Å². The second-order valence-electron chi connectivity index (χ2n) is 8.89. The molecule has 0 radical (unpaired) electrons. The van der Waals surface area contributed by atoms with Crippen molar-refractivity contribution in [1.29, 1.82) is 0 Å². The number of amides is 1. The van der Waals surface area contributed by atoms with Crippen molar-refractivity contribution in [3.63, 3.8) is 0 Å². The van der Waals surface area contributed by atoms with E-state index in [1.165, 1.54) is 0 Å². The number of benzene rings is 1. The lowest BCUT2D eigenvalue weighted by molar-refractivity contribution is -0.512. The summed E-state index contributed by atoms with van der Waals surface area (Å²) in [4.78, 5) is 48.0. The van der Waals surface area contributed by atoms with Gasteiger partial charge in [-0.1, -0.05) is 30.3 Å². The Balaban J connectivity index is 3.03. The van der Waals surface area contributed by atoms with Crippen molar-refractivity contribution in [2.45, 2.75) is 77.7 Å². The molecule has 9 nitrogen and oxygen atoms in total. The van der Waals surface area contributed by atoms with E-state index >= 15 is 0 Å². The van der Waals surface area contributed by atoms with Crippen molar-refractivity contribution in [2.24, 2.45) is 0 Å². The maximum atomic E-state index is 12.6. The van der Waals surface area contributed by atoms with Gasteiger partial charge in [-0.3, -0.25) is 14.9 Å². The van der Waals surface area contributed by atoms with Crippen LogP contribution in [0.2, 0.25) is 0 Å². The number of hydrogen-bond donors (Lipinski definition) is 1. The molecule has 1 unspecified atom stereocenters. The van der Waals surface area contributed by atoms with Crippen molar-refractivity contribution in [2.75, 3.05) is 0 Å². The molecule has 0 aliphatic carbocycles. The molecule has 1 rings (SSSR count). The van der Waals surface area contributed by atoms with Gasteiger partial charge in [0.15, 0.2) is 0 Å². The van der Waals surface area contributed by atoms with E-state index in [1.54, 1.807) is 71.9 Å². The lowest BCUT2D eigenvalue weighted by atomic mass is 10.1. The van der Waals surface area contributed by atoms with E-state index < -0.39 is 52.5 Å². The van der Waals surface area contributed by atoms with E-state index in [2.05, 4.69) is 5.32 Å². The summed E-state index contributed by atoms with van der Waals surface area (Å²) in [7, 11) is 0. The predicted octanol–water partition coefficient (Wildman–Crippen LogP) is 2.43. The molecule has 1 N–H and O–H groups in total. The normalized spacial score (nSPS) is 13.7. The molecule has 1 amide bonds. The highest BCUT2D eigenvalue weighted by Gasteiger charge is 2.40. The van der Waals surface area contributed by atoms with E-state index in [9.17, 15) is 24.5 Å². The number of nitrogens with zero attached hydrogens (tertiary/aromatic N) is 1. The van der Waals surface area contributed by atoms with Gasteiger partial charge >= 0.3 is 18.0 Å². The fourth-order valence-electron chi connectivity index (χ4n) is 2.48. The molecule has 0 aliphatic heterocycles. The molecule has 0 aromatic heterocycles. The third-order valence-corrected chi connectivity index (χ3v) is 3.63. The first-order valence-corrected chi connectivity index (χ1v) is 9.60. The molecule has 0 bridgehead atoms. The Hall–Kier alpha value is -2.97. The van der Waals surface area contributed by atoms with Crippen LogP contribution in [0, 0.1) is 10.1 Å². The third kappa shape index (κ3) is 9.49. The van der Waals surface area contributed by atoms with Gasteiger partial charge in [-0.05, 0) is 47.1 Å². The van der Waals surface area contributed by atoms with Crippen molar-refractivity contribution < 1.29 is 28.8 Å². The Labute approximate surface area is 176 Å². The largest absolute Gasteiger partial charge is 0.458 e. The zero-order valence-electron chi connectivity index (χ0n) is 18.3. The van der Waals surface area contributed by atoms with E-state index in [1.807, 2.05) is 0 Å². The van der Waals surface area contributed by atoms with Crippen LogP contribution in [-0.4, -0.2) is 46.1 Å². The summed E-state index contributed by atoms with van der Waals surface area (Å²) in [5.41, 5.74) is -1.12. The fraction of sp³-hybridized carbons (Fsp3) is 0.571. The molecular formula is C21H30N2O7. The predicted molar refractivity (Wildman–Crippen MR) is 109 cm³/mol. The Morgan fingerprint density at radius 1 is 0.967 bits per heavy atom. The molecule has 0 spiro atoms. The highest BCUT2D eigenvalue weighted by molar-refractivity contribution is 5.86. The molecule has 0 saturated heterocycles. The quantitative estimate of drug-likeness (QED) is 0.387. The standard InChI is InChI=1S/C21H30N2O7/c1-20(2,3)29-18(25)15(22-17(24)12-14-10-8-7-9-11-14)13-16(23(27)28)19(26)30-21(4,5)6/h7-11,15-16H,12-13H2,1-6H3,(H,22,24)/t15-,16?/m0/s1. The summed E-state index contributed by atoms with van der Waals surface area (Å²) >= 11 is 0. The number of nitrogens with one attached hydrogen (secondary N) is 1. The molecule has 1 aromatic carbocycles. The maximum Gasteiger partial charge on any atom is 0.382 e. The molecule has 9 heteroatoms. The monoisotopic (exact) mass is 422 g/mol. The van der Waals surface area contributed by atoms with E-state index in [0.29, 0.717) is 5.56 Å². The summed E-state index contributed by atoms with van der Waals surface area (Å²) in [6.45, 7) is 9.63. The van der Waals surface area contributed by atoms with Gasteiger partial charge in [0.2, 0.25) is 5.91 Å². The van der Waals surface area contributed by atoms with Crippen LogP contribution in [0.5, 0.6) is 0 Å². The number of hydrogen-bond acceptors (Lipinski definition) is 7. The molecule has 166 valence electrons. The average Bonchev–Trinajstić information content (AvgIpc) is 2.55. The van der Waals surface area contributed by atoms with E-state index in [-0.39, 0.29) is 6.42 Å². The van der Waals surface area contributed by atoms with Crippen LogP contribution in [0.25, 0.3) is 0 Å². The van der Waals surface area contributed by atoms with Crippen LogP contribution in [-0.2, 0) is 30.3 Å². The molecule has 0 aliphatic rings. The second kappa shape index (κ2) is 10.2. The van der Waals surface area contributed by atoms with Crippen LogP contribution < -0.4 is 5.32 Å². The number of nitro groups is 1. The highest BCUT2D eigenvalue weighted by Crippen LogP contribution is 2.16. The van der Waals surface area contributed by atoms with Crippen molar-refractivity contribution in [3.8, 4) is 0 Å².